The summed E-state index contributed by atoms with van der Waals surface area (Å²) in [6.45, 7) is 4.79. The van der Waals surface area contributed by atoms with Crippen molar-refractivity contribution in [3.63, 3.8) is 0 Å². The Bertz CT molecular complexity index is 1290. The average Bonchev–Trinajstić information content (AvgIpc) is 3.39. The SMILES string of the molecule is CC(C)Oc1ccc(-c2nc(-c3cccc4c3cnn4C3(CC=O)COC3)no2)cc1Cl. The van der Waals surface area contributed by atoms with Crippen LogP contribution in [0.15, 0.2) is 47.1 Å². The van der Waals surface area contributed by atoms with Crippen LogP contribution in [0.1, 0.15) is 20.3 Å². The number of aldehydes is 1. The summed E-state index contributed by atoms with van der Waals surface area (Å²) in [5.41, 5.74) is 1.93. The van der Waals surface area contributed by atoms with E-state index in [1.807, 2.05) is 42.8 Å². The molecule has 9 heteroatoms. The van der Waals surface area contributed by atoms with Gasteiger partial charge in [-0.25, -0.2) is 0 Å². The Kier molecular flexibility index (Phi) is 5.19. The van der Waals surface area contributed by atoms with Crippen molar-refractivity contribution in [2.75, 3.05) is 13.2 Å². The van der Waals surface area contributed by atoms with Crippen LogP contribution in [0.2, 0.25) is 5.02 Å². The summed E-state index contributed by atoms with van der Waals surface area (Å²) in [7, 11) is 0. The van der Waals surface area contributed by atoms with Gasteiger partial charge < -0.3 is 18.8 Å². The molecular weight excluding hydrogens is 432 g/mol. The molecule has 32 heavy (non-hydrogen) atoms. The summed E-state index contributed by atoms with van der Waals surface area (Å²) in [4.78, 5) is 15.8. The van der Waals surface area contributed by atoms with E-state index in [0.29, 0.717) is 47.7 Å². The molecule has 1 aliphatic rings. The highest BCUT2D eigenvalue weighted by atomic mass is 35.5. The fourth-order valence-electron chi connectivity index (χ4n) is 3.88. The molecule has 1 fully saturated rings. The van der Waals surface area contributed by atoms with Gasteiger partial charge >= 0.3 is 0 Å². The van der Waals surface area contributed by atoms with E-state index in [4.69, 9.17) is 25.6 Å². The first-order chi connectivity index (χ1) is 15.5. The molecule has 0 bridgehead atoms. The van der Waals surface area contributed by atoms with Gasteiger partial charge in [-0.05, 0) is 38.1 Å². The molecule has 0 unspecified atom stereocenters. The zero-order valence-corrected chi connectivity index (χ0v) is 18.4. The predicted molar refractivity (Wildman–Crippen MR) is 119 cm³/mol. The fourth-order valence-corrected chi connectivity index (χ4v) is 4.10. The Labute approximate surface area is 189 Å². The summed E-state index contributed by atoms with van der Waals surface area (Å²) < 4.78 is 18.5. The fraction of sp³-hybridized carbons (Fsp3) is 0.304. The first-order valence-electron chi connectivity index (χ1n) is 10.3. The Hall–Kier alpha value is -3.23. The summed E-state index contributed by atoms with van der Waals surface area (Å²) in [6.07, 6.45) is 3.04. The minimum absolute atomic E-state index is 0.0203. The van der Waals surface area contributed by atoms with Crippen molar-refractivity contribution >= 4 is 28.8 Å². The van der Waals surface area contributed by atoms with Crippen molar-refractivity contribution in [1.29, 1.82) is 0 Å². The van der Waals surface area contributed by atoms with Gasteiger partial charge in [-0.2, -0.15) is 10.1 Å². The summed E-state index contributed by atoms with van der Waals surface area (Å²) in [6, 6.07) is 11.2. The van der Waals surface area contributed by atoms with E-state index in [2.05, 4.69) is 15.2 Å². The molecule has 0 N–H and O–H groups in total. The Balaban J connectivity index is 1.50. The third kappa shape index (κ3) is 3.45. The molecule has 5 rings (SSSR count). The van der Waals surface area contributed by atoms with E-state index in [1.165, 1.54) is 0 Å². The highest BCUT2D eigenvalue weighted by Crippen LogP contribution is 2.36. The zero-order chi connectivity index (χ0) is 22.3. The first kappa shape index (κ1) is 20.7. The van der Waals surface area contributed by atoms with Gasteiger partial charge in [0.2, 0.25) is 5.82 Å². The van der Waals surface area contributed by atoms with Crippen molar-refractivity contribution in [3.8, 4) is 28.6 Å². The van der Waals surface area contributed by atoms with Gasteiger partial charge in [0.05, 0.1) is 36.1 Å². The number of nitrogens with zero attached hydrogens (tertiary/aromatic N) is 4. The number of carbonyl (C=O) groups excluding carboxylic acids is 1. The maximum absolute atomic E-state index is 11.2. The van der Waals surface area contributed by atoms with Crippen LogP contribution in [0.5, 0.6) is 5.75 Å². The molecule has 0 radical (unpaired) electrons. The van der Waals surface area contributed by atoms with Crippen LogP contribution in [0.4, 0.5) is 0 Å². The number of ether oxygens (including phenoxy) is 2. The number of carbonyl (C=O) groups is 1. The lowest BCUT2D eigenvalue weighted by Crippen LogP contribution is -2.52. The molecular formula is C23H21ClN4O4. The molecule has 2 aromatic heterocycles. The molecule has 0 saturated carbocycles. The average molecular weight is 453 g/mol. The number of hydrogen-bond acceptors (Lipinski definition) is 7. The topological polar surface area (TPSA) is 92.3 Å². The van der Waals surface area contributed by atoms with Gasteiger partial charge in [0.15, 0.2) is 0 Å². The molecule has 1 aliphatic heterocycles. The van der Waals surface area contributed by atoms with Gasteiger partial charge in [-0.1, -0.05) is 28.9 Å². The maximum Gasteiger partial charge on any atom is 0.258 e. The summed E-state index contributed by atoms with van der Waals surface area (Å²) >= 11 is 6.35. The van der Waals surface area contributed by atoms with E-state index in [-0.39, 0.29) is 6.10 Å². The van der Waals surface area contributed by atoms with Crippen LogP contribution in [0.25, 0.3) is 33.7 Å². The smallest absolute Gasteiger partial charge is 0.258 e. The molecule has 0 atom stereocenters. The quantitative estimate of drug-likeness (QED) is 0.381. The second-order valence-electron chi connectivity index (χ2n) is 8.12. The van der Waals surface area contributed by atoms with Gasteiger partial charge in [0.25, 0.3) is 5.89 Å². The third-order valence-corrected chi connectivity index (χ3v) is 5.77. The van der Waals surface area contributed by atoms with Crippen molar-refractivity contribution in [2.45, 2.75) is 31.9 Å². The molecule has 164 valence electrons. The highest BCUT2D eigenvalue weighted by Gasteiger charge is 2.42. The number of rotatable bonds is 7. The Morgan fingerprint density at radius 1 is 1.28 bits per heavy atom. The number of hydrogen-bond donors (Lipinski definition) is 0. The van der Waals surface area contributed by atoms with Gasteiger partial charge in [-0.3, -0.25) is 4.68 Å². The zero-order valence-electron chi connectivity index (χ0n) is 17.6. The second kappa shape index (κ2) is 8.03. The summed E-state index contributed by atoms with van der Waals surface area (Å²) in [5, 5.41) is 10.1. The van der Waals surface area contributed by atoms with Gasteiger partial charge in [0, 0.05) is 22.9 Å². The third-order valence-electron chi connectivity index (χ3n) is 5.48. The second-order valence-corrected chi connectivity index (χ2v) is 8.52. The first-order valence-corrected chi connectivity index (χ1v) is 10.7. The highest BCUT2D eigenvalue weighted by molar-refractivity contribution is 6.32. The molecule has 0 spiro atoms. The minimum atomic E-state index is -0.443. The minimum Gasteiger partial charge on any atom is -0.489 e. The monoisotopic (exact) mass is 452 g/mol. The van der Waals surface area contributed by atoms with Crippen LogP contribution < -0.4 is 4.74 Å². The van der Waals surface area contributed by atoms with E-state index in [9.17, 15) is 4.79 Å². The van der Waals surface area contributed by atoms with Crippen LogP contribution >= 0.6 is 11.6 Å². The molecule has 0 aliphatic carbocycles. The summed E-state index contributed by atoms with van der Waals surface area (Å²) in [5.74, 6) is 1.40. The lowest BCUT2D eigenvalue weighted by Gasteiger charge is -2.40. The molecule has 2 aromatic carbocycles. The number of fused-ring (bicyclic) bond motifs is 1. The molecule has 3 heterocycles. The van der Waals surface area contributed by atoms with E-state index in [0.717, 1.165) is 22.8 Å². The lowest BCUT2D eigenvalue weighted by molar-refractivity contribution is -0.128. The number of benzene rings is 2. The molecule has 0 amide bonds. The van der Waals surface area contributed by atoms with Crippen LogP contribution in [-0.2, 0) is 15.1 Å². The Morgan fingerprint density at radius 3 is 2.81 bits per heavy atom. The van der Waals surface area contributed by atoms with Gasteiger partial charge in [-0.15, -0.1) is 0 Å². The number of aromatic nitrogens is 4. The largest absolute Gasteiger partial charge is 0.489 e. The van der Waals surface area contributed by atoms with Crippen LogP contribution in [-0.4, -0.2) is 45.5 Å². The molecule has 1 saturated heterocycles. The standard InChI is InChI=1S/C23H21ClN4O4/c1-14(2)31-20-7-6-15(10-18(20)24)22-26-21(27-32-22)16-4-3-5-19-17(16)11-25-28(19)23(8-9-29)12-30-13-23/h3-7,9-11,14H,8,12-13H2,1-2H3. The van der Waals surface area contributed by atoms with Gasteiger partial charge in [0.1, 0.15) is 17.6 Å². The maximum atomic E-state index is 11.2. The predicted octanol–water partition coefficient (Wildman–Crippen LogP) is 4.51. The Morgan fingerprint density at radius 2 is 2.12 bits per heavy atom. The number of halogens is 1. The van der Waals surface area contributed by atoms with Crippen LogP contribution in [0, 0.1) is 0 Å². The van der Waals surface area contributed by atoms with Crippen molar-refractivity contribution in [1.82, 2.24) is 19.9 Å². The van der Waals surface area contributed by atoms with E-state index < -0.39 is 5.54 Å². The van der Waals surface area contributed by atoms with Crippen LogP contribution in [0.3, 0.4) is 0 Å². The van der Waals surface area contributed by atoms with Crippen molar-refractivity contribution in [3.05, 3.63) is 47.6 Å². The molecule has 8 nitrogen and oxygen atoms in total. The van der Waals surface area contributed by atoms with Crippen molar-refractivity contribution < 1.29 is 18.8 Å². The van der Waals surface area contributed by atoms with E-state index in [1.54, 1.807) is 18.3 Å². The van der Waals surface area contributed by atoms with Crippen molar-refractivity contribution in [2.24, 2.45) is 0 Å². The molecule has 4 aromatic rings. The van der Waals surface area contributed by atoms with E-state index >= 15 is 0 Å². The lowest BCUT2D eigenvalue weighted by atomic mass is 9.93. The normalized spacial score (nSPS) is 15.1.